The first-order valence-corrected chi connectivity index (χ1v) is 18.4. The normalized spacial score (nSPS) is 23.2. The molecule has 3 saturated carbocycles. The number of aromatic nitrogens is 2. The minimum Gasteiger partial charge on any atom is -0.380 e. The Morgan fingerprint density at radius 3 is 2.18 bits per heavy atom. The third-order valence-electron chi connectivity index (χ3n) is 10.5. The molecule has 0 aromatic carbocycles. The van der Waals surface area contributed by atoms with E-state index < -0.39 is 47.2 Å². The standard InChI is InChI=1S/C38H58N6O5/c1-8-24-14-17-27(30(24)36(48)42-28(20-22(2)3)32(45)23(4)41-26-15-16-26)33(46)34(38(5,6)7)44-37(49)31(25-12-10-9-11-13-25)43-35(47)29-21-39-18-19-40-29/h18-19,21-22,24-28,30-31,34,41H,4,8-17,20H2,1-3,5-7H3,(H,42,48)(H,43,47)(H,44,49). The number of carbonyl (C=O) groups is 5. The summed E-state index contributed by atoms with van der Waals surface area (Å²) >= 11 is 0. The quantitative estimate of drug-likeness (QED) is 0.184. The van der Waals surface area contributed by atoms with Crippen LogP contribution in [0.3, 0.4) is 0 Å². The number of hydrogen-bond acceptors (Lipinski definition) is 8. The summed E-state index contributed by atoms with van der Waals surface area (Å²) in [7, 11) is 0. The van der Waals surface area contributed by atoms with Crippen LogP contribution in [0.4, 0.5) is 0 Å². The molecule has 6 unspecified atom stereocenters. The number of carbonyl (C=O) groups excluding carboxylic acids is 5. The monoisotopic (exact) mass is 678 g/mol. The third-order valence-corrected chi connectivity index (χ3v) is 10.5. The Hall–Kier alpha value is -3.63. The molecule has 4 rings (SSSR count). The predicted octanol–water partition coefficient (Wildman–Crippen LogP) is 4.67. The molecule has 1 heterocycles. The molecule has 1 aromatic heterocycles. The van der Waals surface area contributed by atoms with E-state index in [0.29, 0.717) is 31.4 Å². The van der Waals surface area contributed by atoms with E-state index in [1.54, 1.807) is 0 Å². The van der Waals surface area contributed by atoms with Gasteiger partial charge in [-0.25, -0.2) is 4.98 Å². The van der Waals surface area contributed by atoms with Crippen LogP contribution in [0.2, 0.25) is 0 Å². The molecular weight excluding hydrogens is 620 g/mol. The van der Waals surface area contributed by atoms with Gasteiger partial charge in [-0.05, 0) is 68.1 Å². The average Bonchev–Trinajstić information content (AvgIpc) is 3.78. The molecule has 11 heteroatoms. The van der Waals surface area contributed by atoms with Crippen LogP contribution in [-0.4, -0.2) is 63.4 Å². The number of nitrogens with one attached hydrogen (secondary N) is 4. The minimum atomic E-state index is -0.897. The van der Waals surface area contributed by atoms with Gasteiger partial charge in [0.05, 0.1) is 29.9 Å². The molecule has 49 heavy (non-hydrogen) atoms. The molecular formula is C38H58N6O5. The Balaban J connectivity index is 1.55. The molecule has 3 amide bonds. The van der Waals surface area contributed by atoms with Crippen molar-refractivity contribution in [3.05, 3.63) is 36.6 Å². The van der Waals surface area contributed by atoms with E-state index in [0.717, 1.165) is 44.9 Å². The first-order valence-electron chi connectivity index (χ1n) is 18.4. The average molecular weight is 679 g/mol. The molecule has 0 bridgehead atoms. The summed E-state index contributed by atoms with van der Waals surface area (Å²) in [5, 5.41) is 12.2. The minimum absolute atomic E-state index is 0.0332. The molecule has 0 radical (unpaired) electrons. The molecule has 0 saturated heterocycles. The van der Waals surface area contributed by atoms with Gasteiger partial charge in [-0.3, -0.25) is 29.0 Å². The highest BCUT2D eigenvalue weighted by molar-refractivity contribution is 6.02. The highest BCUT2D eigenvalue weighted by atomic mass is 16.2. The van der Waals surface area contributed by atoms with E-state index in [1.807, 2.05) is 41.5 Å². The van der Waals surface area contributed by atoms with Crippen molar-refractivity contribution in [3.8, 4) is 0 Å². The number of rotatable bonds is 16. The topological polar surface area (TPSA) is 159 Å². The Morgan fingerprint density at radius 2 is 1.61 bits per heavy atom. The molecule has 3 fully saturated rings. The van der Waals surface area contributed by atoms with Crippen LogP contribution < -0.4 is 21.3 Å². The van der Waals surface area contributed by atoms with Gasteiger partial charge >= 0.3 is 0 Å². The zero-order valence-electron chi connectivity index (χ0n) is 30.3. The van der Waals surface area contributed by atoms with Crippen LogP contribution in [0.25, 0.3) is 0 Å². The second kappa shape index (κ2) is 16.9. The Kier molecular flexibility index (Phi) is 13.1. The fourth-order valence-corrected chi connectivity index (χ4v) is 7.64. The van der Waals surface area contributed by atoms with Crippen LogP contribution >= 0.6 is 0 Å². The van der Waals surface area contributed by atoms with Gasteiger partial charge in [-0.15, -0.1) is 0 Å². The Morgan fingerprint density at radius 1 is 0.918 bits per heavy atom. The van der Waals surface area contributed by atoms with Crippen molar-refractivity contribution >= 4 is 29.3 Å². The van der Waals surface area contributed by atoms with E-state index in [-0.39, 0.29) is 47.0 Å². The van der Waals surface area contributed by atoms with Gasteiger partial charge in [0.15, 0.2) is 11.6 Å². The van der Waals surface area contributed by atoms with Crippen LogP contribution in [0.1, 0.15) is 123 Å². The van der Waals surface area contributed by atoms with Crippen LogP contribution in [0.15, 0.2) is 30.9 Å². The van der Waals surface area contributed by atoms with Gasteiger partial charge < -0.3 is 21.3 Å². The summed E-state index contributed by atoms with van der Waals surface area (Å²) in [6, 6.07) is -2.23. The van der Waals surface area contributed by atoms with Gasteiger partial charge in [0.2, 0.25) is 11.8 Å². The summed E-state index contributed by atoms with van der Waals surface area (Å²) in [4.78, 5) is 77.6. The number of ketones is 2. The smallest absolute Gasteiger partial charge is 0.272 e. The molecule has 3 aliphatic carbocycles. The summed E-state index contributed by atoms with van der Waals surface area (Å²) in [5.74, 6) is -2.83. The van der Waals surface area contributed by atoms with Crippen LogP contribution in [0.5, 0.6) is 0 Å². The van der Waals surface area contributed by atoms with Crippen molar-refractivity contribution in [2.45, 2.75) is 136 Å². The first kappa shape index (κ1) is 38.2. The van der Waals surface area contributed by atoms with Crippen molar-refractivity contribution in [1.29, 1.82) is 0 Å². The SMILES string of the molecule is C=C(NC1CC1)C(=O)C(CC(C)C)NC(=O)C1C(CC)CCC1C(=O)C(NC(=O)C(NC(=O)c1cnccn1)C1CCCCC1)C(C)(C)C. The number of Topliss-reactive ketones (excluding diaryl/α,β-unsaturated/α-hetero) is 2. The van der Waals surface area contributed by atoms with E-state index >= 15 is 0 Å². The maximum Gasteiger partial charge on any atom is 0.272 e. The Labute approximate surface area is 292 Å². The lowest BCUT2D eigenvalue weighted by Crippen LogP contribution is -2.59. The maximum absolute atomic E-state index is 14.6. The van der Waals surface area contributed by atoms with Crippen molar-refractivity contribution in [3.63, 3.8) is 0 Å². The van der Waals surface area contributed by atoms with Crippen molar-refractivity contribution in [2.24, 2.45) is 35.0 Å². The van der Waals surface area contributed by atoms with E-state index in [9.17, 15) is 24.0 Å². The number of hydrogen-bond donors (Lipinski definition) is 4. The van der Waals surface area contributed by atoms with E-state index in [4.69, 9.17) is 0 Å². The van der Waals surface area contributed by atoms with Gasteiger partial charge in [-0.2, -0.15) is 0 Å². The summed E-state index contributed by atoms with van der Waals surface area (Å²) in [5.41, 5.74) is -0.244. The van der Waals surface area contributed by atoms with E-state index in [2.05, 4.69) is 37.8 Å². The fourth-order valence-electron chi connectivity index (χ4n) is 7.64. The molecule has 270 valence electrons. The van der Waals surface area contributed by atoms with E-state index in [1.165, 1.54) is 18.6 Å². The summed E-state index contributed by atoms with van der Waals surface area (Å²) < 4.78 is 0. The molecule has 3 aliphatic rings. The van der Waals surface area contributed by atoms with Crippen molar-refractivity contribution in [2.75, 3.05) is 0 Å². The molecule has 6 atom stereocenters. The van der Waals surface area contributed by atoms with Crippen LogP contribution in [0, 0.1) is 35.0 Å². The molecule has 0 aliphatic heterocycles. The molecule has 4 N–H and O–H groups in total. The highest BCUT2D eigenvalue weighted by Gasteiger charge is 2.49. The van der Waals surface area contributed by atoms with Gasteiger partial charge in [0.25, 0.3) is 5.91 Å². The highest BCUT2D eigenvalue weighted by Crippen LogP contribution is 2.42. The zero-order valence-corrected chi connectivity index (χ0v) is 30.3. The zero-order chi connectivity index (χ0) is 35.9. The lowest BCUT2D eigenvalue weighted by atomic mass is 9.75. The molecule has 1 aromatic rings. The molecule has 0 spiro atoms. The largest absolute Gasteiger partial charge is 0.380 e. The second-order valence-corrected chi connectivity index (χ2v) is 16.0. The third kappa shape index (κ3) is 10.2. The molecule has 11 nitrogen and oxygen atoms in total. The lowest BCUT2D eigenvalue weighted by molar-refractivity contribution is -0.139. The van der Waals surface area contributed by atoms with Crippen molar-refractivity contribution in [1.82, 2.24) is 31.2 Å². The van der Waals surface area contributed by atoms with Gasteiger partial charge in [0, 0.05) is 24.4 Å². The maximum atomic E-state index is 14.6. The summed E-state index contributed by atoms with van der Waals surface area (Å²) in [6.45, 7) is 15.7. The summed E-state index contributed by atoms with van der Waals surface area (Å²) in [6.07, 6.45) is 13.2. The lowest BCUT2D eigenvalue weighted by Gasteiger charge is -2.37. The number of amides is 3. The fraction of sp³-hybridized carbons (Fsp3) is 0.711. The first-order chi connectivity index (χ1) is 23.2. The number of nitrogens with zero attached hydrogens (tertiary/aromatic N) is 2. The van der Waals surface area contributed by atoms with Gasteiger partial charge in [0.1, 0.15) is 11.7 Å². The predicted molar refractivity (Wildman–Crippen MR) is 188 cm³/mol. The second-order valence-electron chi connectivity index (χ2n) is 16.0. The van der Waals surface area contributed by atoms with Crippen molar-refractivity contribution < 1.29 is 24.0 Å². The van der Waals surface area contributed by atoms with Gasteiger partial charge in [-0.1, -0.05) is 73.8 Å². The van der Waals surface area contributed by atoms with Crippen LogP contribution in [-0.2, 0) is 19.2 Å². The Bertz CT molecular complexity index is 1350.